The Morgan fingerprint density at radius 3 is 2.33 bits per heavy atom. The van der Waals surface area contributed by atoms with E-state index in [1.54, 1.807) is 0 Å². The summed E-state index contributed by atoms with van der Waals surface area (Å²) in [7, 11) is 0. The minimum atomic E-state index is -0.531. The Hall–Kier alpha value is -1.78. The Labute approximate surface area is 124 Å². The zero-order valence-corrected chi connectivity index (χ0v) is 12.3. The highest BCUT2D eigenvalue weighted by atomic mass is 19.1. The zero-order valence-electron chi connectivity index (χ0n) is 12.3. The Bertz CT molecular complexity index is 606. The fraction of sp³-hybridized carbons (Fsp3) is 0.294. The first-order chi connectivity index (χ1) is 10.0. The summed E-state index contributed by atoms with van der Waals surface area (Å²) in [6.45, 7) is 4.04. The van der Waals surface area contributed by atoms with Crippen LogP contribution in [-0.4, -0.2) is 6.04 Å². The summed E-state index contributed by atoms with van der Waals surface area (Å²) in [5.41, 5.74) is 6.18. The fourth-order valence-electron chi connectivity index (χ4n) is 2.45. The van der Waals surface area contributed by atoms with Crippen molar-refractivity contribution in [2.45, 2.75) is 32.7 Å². The van der Waals surface area contributed by atoms with Crippen LogP contribution in [-0.2, 0) is 12.8 Å². The molecule has 0 amide bonds. The Morgan fingerprint density at radius 1 is 1.05 bits per heavy atom. The molecule has 3 N–H and O–H groups in total. The predicted molar refractivity (Wildman–Crippen MR) is 80.8 cm³/mol. The van der Waals surface area contributed by atoms with E-state index in [1.165, 1.54) is 18.2 Å². The normalized spacial score (nSPS) is 12.4. The van der Waals surface area contributed by atoms with Crippen LogP contribution < -0.4 is 11.3 Å². The van der Waals surface area contributed by atoms with Crippen LogP contribution in [0, 0.1) is 25.5 Å². The van der Waals surface area contributed by atoms with Crippen LogP contribution in [0.1, 0.15) is 22.3 Å². The molecule has 4 heteroatoms. The second-order valence-electron chi connectivity index (χ2n) is 5.40. The van der Waals surface area contributed by atoms with Crippen LogP contribution in [0.25, 0.3) is 0 Å². The van der Waals surface area contributed by atoms with Gasteiger partial charge in [-0.15, -0.1) is 0 Å². The highest BCUT2D eigenvalue weighted by Gasteiger charge is 2.16. The van der Waals surface area contributed by atoms with Crippen LogP contribution in [0.5, 0.6) is 0 Å². The first kappa shape index (κ1) is 15.6. The lowest BCUT2D eigenvalue weighted by atomic mass is 9.95. The van der Waals surface area contributed by atoms with Gasteiger partial charge in [0, 0.05) is 11.6 Å². The lowest BCUT2D eigenvalue weighted by Gasteiger charge is -2.18. The number of halogens is 2. The molecule has 0 aromatic heterocycles. The van der Waals surface area contributed by atoms with Gasteiger partial charge < -0.3 is 0 Å². The summed E-state index contributed by atoms with van der Waals surface area (Å²) < 4.78 is 27.4. The van der Waals surface area contributed by atoms with Crippen LogP contribution in [0.4, 0.5) is 8.78 Å². The van der Waals surface area contributed by atoms with Crippen molar-refractivity contribution in [1.29, 1.82) is 0 Å². The molecule has 0 radical (unpaired) electrons. The van der Waals surface area contributed by atoms with Gasteiger partial charge in [0.05, 0.1) is 0 Å². The molecule has 2 aromatic rings. The molecular weight excluding hydrogens is 270 g/mol. The molecular formula is C17H20F2N2. The quantitative estimate of drug-likeness (QED) is 0.655. The average molecular weight is 290 g/mol. The zero-order chi connectivity index (χ0) is 15.4. The van der Waals surface area contributed by atoms with Crippen LogP contribution in [0.2, 0.25) is 0 Å². The third-order valence-electron chi connectivity index (χ3n) is 3.72. The van der Waals surface area contributed by atoms with E-state index >= 15 is 0 Å². The summed E-state index contributed by atoms with van der Waals surface area (Å²) in [4.78, 5) is 0. The number of nitrogens with two attached hydrogens (primary N) is 1. The molecule has 0 saturated heterocycles. The van der Waals surface area contributed by atoms with E-state index in [1.807, 2.05) is 26.0 Å². The number of hydrogen-bond acceptors (Lipinski definition) is 2. The van der Waals surface area contributed by atoms with Gasteiger partial charge in [-0.3, -0.25) is 11.3 Å². The van der Waals surface area contributed by atoms with E-state index in [0.29, 0.717) is 6.42 Å². The van der Waals surface area contributed by atoms with Gasteiger partial charge in [0.1, 0.15) is 11.6 Å². The van der Waals surface area contributed by atoms with Gasteiger partial charge in [0.15, 0.2) is 0 Å². The number of benzene rings is 2. The lowest BCUT2D eigenvalue weighted by molar-refractivity contribution is 0.484. The Morgan fingerprint density at radius 2 is 1.71 bits per heavy atom. The molecule has 112 valence electrons. The minimum Gasteiger partial charge on any atom is -0.271 e. The maximum Gasteiger partial charge on any atom is 0.129 e. The maximum atomic E-state index is 13.7. The van der Waals surface area contributed by atoms with E-state index in [9.17, 15) is 8.78 Å². The van der Waals surface area contributed by atoms with Crippen molar-refractivity contribution in [1.82, 2.24) is 5.43 Å². The van der Waals surface area contributed by atoms with E-state index in [4.69, 9.17) is 5.84 Å². The van der Waals surface area contributed by atoms with Crippen molar-refractivity contribution in [2.24, 2.45) is 5.84 Å². The summed E-state index contributed by atoms with van der Waals surface area (Å²) in [6.07, 6.45) is 0.834. The van der Waals surface area contributed by atoms with Crippen molar-refractivity contribution in [3.05, 3.63) is 70.3 Å². The topological polar surface area (TPSA) is 38.0 Å². The molecule has 0 aliphatic rings. The average Bonchev–Trinajstić information content (AvgIpc) is 2.45. The summed E-state index contributed by atoms with van der Waals surface area (Å²) in [5, 5.41) is 0. The van der Waals surface area contributed by atoms with E-state index in [2.05, 4.69) is 11.5 Å². The van der Waals surface area contributed by atoms with E-state index < -0.39 is 11.6 Å². The molecule has 1 unspecified atom stereocenters. The SMILES string of the molecule is Cc1ccc(C)c(CC(Cc2c(F)cccc2F)NN)c1. The van der Waals surface area contributed by atoms with Crippen molar-refractivity contribution < 1.29 is 8.78 Å². The molecule has 21 heavy (non-hydrogen) atoms. The first-order valence-electron chi connectivity index (χ1n) is 6.96. The summed E-state index contributed by atoms with van der Waals surface area (Å²) >= 11 is 0. The van der Waals surface area contributed by atoms with Gasteiger partial charge in [-0.2, -0.15) is 0 Å². The van der Waals surface area contributed by atoms with Crippen LogP contribution in [0.3, 0.4) is 0 Å². The second-order valence-corrected chi connectivity index (χ2v) is 5.40. The van der Waals surface area contributed by atoms with Gasteiger partial charge in [-0.1, -0.05) is 29.8 Å². The third kappa shape index (κ3) is 3.86. The first-order valence-corrected chi connectivity index (χ1v) is 6.96. The molecule has 0 spiro atoms. The number of rotatable bonds is 5. The molecule has 0 heterocycles. The Kier molecular flexibility index (Phi) is 5.04. The fourth-order valence-corrected chi connectivity index (χ4v) is 2.45. The highest BCUT2D eigenvalue weighted by Crippen LogP contribution is 2.18. The third-order valence-corrected chi connectivity index (χ3v) is 3.72. The number of aryl methyl sites for hydroxylation is 2. The molecule has 0 fully saturated rings. The smallest absolute Gasteiger partial charge is 0.129 e. The second kappa shape index (κ2) is 6.78. The van der Waals surface area contributed by atoms with Crippen molar-refractivity contribution >= 4 is 0 Å². The number of hydrazine groups is 1. The van der Waals surface area contributed by atoms with Gasteiger partial charge >= 0.3 is 0 Å². The predicted octanol–water partition coefficient (Wildman–Crippen LogP) is 3.20. The molecule has 0 aliphatic carbocycles. The largest absolute Gasteiger partial charge is 0.271 e. The standard InChI is InChI=1S/C17H20F2N2/c1-11-6-7-12(2)13(8-11)9-14(21-20)10-15-16(18)4-3-5-17(15)19/h3-8,14,21H,9-10,20H2,1-2H3. The molecule has 1 atom stereocenters. The Balaban J connectivity index is 2.19. The van der Waals surface area contributed by atoms with E-state index in [0.717, 1.165) is 16.7 Å². The minimum absolute atomic E-state index is 0.0748. The maximum absolute atomic E-state index is 13.7. The van der Waals surface area contributed by atoms with Gasteiger partial charge in [0.25, 0.3) is 0 Å². The van der Waals surface area contributed by atoms with Gasteiger partial charge in [-0.25, -0.2) is 8.78 Å². The van der Waals surface area contributed by atoms with Crippen LogP contribution in [0.15, 0.2) is 36.4 Å². The lowest BCUT2D eigenvalue weighted by Crippen LogP contribution is -2.39. The van der Waals surface area contributed by atoms with Gasteiger partial charge in [0.2, 0.25) is 0 Å². The van der Waals surface area contributed by atoms with Crippen molar-refractivity contribution in [2.75, 3.05) is 0 Å². The molecule has 2 rings (SSSR count). The van der Waals surface area contributed by atoms with Gasteiger partial charge in [-0.05, 0) is 49.9 Å². The molecule has 0 saturated carbocycles. The van der Waals surface area contributed by atoms with Crippen molar-refractivity contribution in [3.63, 3.8) is 0 Å². The number of nitrogens with one attached hydrogen (secondary N) is 1. The van der Waals surface area contributed by atoms with Crippen LogP contribution >= 0.6 is 0 Å². The summed E-state index contributed by atoms with van der Waals surface area (Å²) in [6, 6.07) is 9.84. The molecule has 0 aliphatic heterocycles. The summed E-state index contributed by atoms with van der Waals surface area (Å²) in [5.74, 6) is 4.50. The number of hydrogen-bond donors (Lipinski definition) is 2. The molecule has 2 nitrogen and oxygen atoms in total. The molecule has 2 aromatic carbocycles. The van der Waals surface area contributed by atoms with Crippen molar-refractivity contribution in [3.8, 4) is 0 Å². The monoisotopic (exact) mass is 290 g/mol. The highest BCUT2D eigenvalue weighted by molar-refractivity contribution is 5.31. The van der Waals surface area contributed by atoms with E-state index in [-0.39, 0.29) is 18.0 Å². The molecule has 0 bridgehead atoms.